The summed E-state index contributed by atoms with van der Waals surface area (Å²) in [6.07, 6.45) is 1.96. The van der Waals surface area contributed by atoms with Crippen molar-refractivity contribution in [2.45, 2.75) is 31.8 Å². The van der Waals surface area contributed by atoms with Crippen molar-refractivity contribution < 1.29 is 9.53 Å². The largest absolute Gasteiger partial charge is 0.455 e. The van der Waals surface area contributed by atoms with E-state index in [2.05, 4.69) is 16.3 Å². The molecule has 4 nitrogen and oxygen atoms in total. The standard InChI is InChI=1S/C19H19ClN2O2/c1-12(23)21-15-6-4-10-22-16-11-13(20)8-9-18(16)24-17-7-3-2-5-14(17)19(15)22/h2-3,5,7-9,11,15,19H,4,6,10H2,1H3,(H,21,23)/t15-,19-/m0/s1. The summed E-state index contributed by atoms with van der Waals surface area (Å²) in [7, 11) is 0. The van der Waals surface area contributed by atoms with Crippen LogP contribution < -0.4 is 15.0 Å². The predicted octanol–water partition coefficient (Wildman–Crippen LogP) is 4.29. The second-order valence-electron chi connectivity index (χ2n) is 6.34. The Labute approximate surface area is 146 Å². The number of nitrogens with zero attached hydrogens (tertiary/aromatic N) is 1. The topological polar surface area (TPSA) is 41.6 Å². The van der Waals surface area contributed by atoms with Gasteiger partial charge in [0.2, 0.25) is 5.91 Å². The van der Waals surface area contributed by atoms with Crippen LogP contribution in [0.15, 0.2) is 42.5 Å². The summed E-state index contributed by atoms with van der Waals surface area (Å²) in [6.45, 7) is 2.48. The van der Waals surface area contributed by atoms with Crippen LogP contribution in [0.5, 0.6) is 11.5 Å². The van der Waals surface area contributed by atoms with Gasteiger partial charge in [0.05, 0.1) is 17.8 Å². The number of benzene rings is 2. The van der Waals surface area contributed by atoms with Gasteiger partial charge in [-0.2, -0.15) is 0 Å². The SMILES string of the molecule is CC(=O)N[C@H]1CCCN2c3cc(Cl)ccc3Oc3ccccc3[C@@H]12. The second kappa shape index (κ2) is 6.02. The maximum Gasteiger partial charge on any atom is 0.217 e. The van der Waals surface area contributed by atoms with Gasteiger partial charge < -0.3 is 15.0 Å². The van der Waals surface area contributed by atoms with Crippen molar-refractivity contribution in [3.8, 4) is 11.5 Å². The first kappa shape index (κ1) is 15.3. The van der Waals surface area contributed by atoms with Crippen LogP contribution in [-0.2, 0) is 4.79 Å². The zero-order valence-corrected chi connectivity index (χ0v) is 14.2. The minimum atomic E-state index is -0.00388. The van der Waals surface area contributed by atoms with Gasteiger partial charge in [-0.05, 0) is 37.1 Å². The van der Waals surface area contributed by atoms with E-state index in [1.165, 1.54) is 0 Å². The maximum absolute atomic E-state index is 11.7. The molecular formula is C19H19ClN2O2. The van der Waals surface area contributed by atoms with Gasteiger partial charge in [-0.3, -0.25) is 4.79 Å². The number of hydrogen-bond acceptors (Lipinski definition) is 3. The van der Waals surface area contributed by atoms with Gasteiger partial charge in [0.25, 0.3) is 0 Å². The second-order valence-corrected chi connectivity index (χ2v) is 6.78. The van der Waals surface area contributed by atoms with Gasteiger partial charge in [-0.1, -0.05) is 29.8 Å². The molecule has 1 amide bonds. The number of fused-ring (bicyclic) bond motifs is 5. The van der Waals surface area contributed by atoms with Crippen molar-refractivity contribution >= 4 is 23.2 Å². The van der Waals surface area contributed by atoms with Gasteiger partial charge in [0.1, 0.15) is 5.75 Å². The summed E-state index contributed by atoms with van der Waals surface area (Å²) in [5.41, 5.74) is 2.09. The number of halogens is 1. The van der Waals surface area contributed by atoms with Crippen molar-refractivity contribution in [3.63, 3.8) is 0 Å². The maximum atomic E-state index is 11.7. The number of carbonyl (C=O) groups is 1. The van der Waals surface area contributed by atoms with Crippen LogP contribution in [0.2, 0.25) is 5.02 Å². The molecule has 124 valence electrons. The van der Waals surface area contributed by atoms with Gasteiger partial charge in [0.15, 0.2) is 5.75 Å². The molecule has 24 heavy (non-hydrogen) atoms. The molecule has 2 aromatic carbocycles. The predicted molar refractivity (Wildman–Crippen MR) is 94.9 cm³/mol. The minimum Gasteiger partial charge on any atom is -0.455 e. The van der Waals surface area contributed by atoms with Crippen molar-refractivity contribution in [3.05, 3.63) is 53.1 Å². The van der Waals surface area contributed by atoms with E-state index in [0.717, 1.165) is 42.1 Å². The number of para-hydroxylation sites is 1. The molecule has 0 radical (unpaired) electrons. The third-order valence-corrected chi connectivity index (χ3v) is 4.94. The zero-order valence-electron chi connectivity index (χ0n) is 13.5. The molecule has 2 aromatic rings. The number of piperidine rings is 1. The smallest absolute Gasteiger partial charge is 0.217 e. The molecule has 0 spiro atoms. The van der Waals surface area contributed by atoms with Gasteiger partial charge in [-0.15, -0.1) is 0 Å². The van der Waals surface area contributed by atoms with Gasteiger partial charge in [-0.25, -0.2) is 0 Å². The molecule has 2 heterocycles. The summed E-state index contributed by atoms with van der Waals surface area (Å²) in [5.74, 6) is 1.64. The van der Waals surface area contributed by atoms with E-state index in [4.69, 9.17) is 16.3 Å². The molecule has 2 aliphatic rings. The van der Waals surface area contributed by atoms with Crippen LogP contribution in [0.3, 0.4) is 0 Å². The Morgan fingerprint density at radius 3 is 2.92 bits per heavy atom. The molecule has 0 unspecified atom stereocenters. The minimum absolute atomic E-state index is 0.00388. The number of carbonyl (C=O) groups excluding carboxylic acids is 1. The number of hydrogen-bond donors (Lipinski definition) is 1. The first-order valence-corrected chi connectivity index (χ1v) is 8.61. The molecule has 5 heteroatoms. The van der Waals surface area contributed by atoms with E-state index in [9.17, 15) is 4.79 Å². The highest BCUT2D eigenvalue weighted by Gasteiger charge is 2.38. The Balaban J connectivity index is 1.88. The van der Waals surface area contributed by atoms with Gasteiger partial charge >= 0.3 is 0 Å². The van der Waals surface area contributed by atoms with E-state index in [1.807, 2.05) is 36.4 Å². The molecule has 0 bridgehead atoms. The summed E-state index contributed by atoms with van der Waals surface area (Å²) in [4.78, 5) is 14.0. The Bertz CT molecular complexity index is 793. The van der Waals surface area contributed by atoms with Crippen LogP contribution in [0.1, 0.15) is 31.4 Å². The molecule has 1 fully saturated rings. The van der Waals surface area contributed by atoms with E-state index >= 15 is 0 Å². The summed E-state index contributed by atoms with van der Waals surface area (Å²) < 4.78 is 6.19. The fraction of sp³-hybridized carbons (Fsp3) is 0.316. The normalized spacial score (nSPS) is 21.7. The number of rotatable bonds is 1. The van der Waals surface area contributed by atoms with E-state index in [-0.39, 0.29) is 18.0 Å². The number of anilines is 1. The monoisotopic (exact) mass is 342 g/mol. The van der Waals surface area contributed by atoms with Crippen LogP contribution in [0.4, 0.5) is 5.69 Å². The van der Waals surface area contributed by atoms with Crippen LogP contribution >= 0.6 is 11.6 Å². The third kappa shape index (κ3) is 2.61. The lowest BCUT2D eigenvalue weighted by atomic mass is 9.89. The van der Waals surface area contributed by atoms with Gasteiger partial charge in [0, 0.05) is 24.1 Å². The molecule has 0 aromatic heterocycles. The summed E-state index contributed by atoms with van der Waals surface area (Å²) in [6, 6.07) is 13.9. The van der Waals surface area contributed by atoms with E-state index in [1.54, 1.807) is 6.92 Å². The third-order valence-electron chi connectivity index (χ3n) is 4.71. The van der Waals surface area contributed by atoms with E-state index < -0.39 is 0 Å². The average molecular weight is 343 g/mol. The number of ether oxygens (including phenoxy) is 1. The molecule has 2 aliphatic heterocycles. The Hall–Kier alpha value is -2.20. The van der Waals surface area contributed by atoms with Crippen molar-refractivity contribution in [1.82, 2.24) is 5.32 Å². The molecule has 1 saturated heterocycles. The molecule has 0 saturated carbocycles. The molecule has 4 rings (SSSR count). The lowest BCUT2D eigenvalue weighted by Gasteiger charge is -2.42. The van der Waals surface area contributed by atoms with Crippen molar-refractivity contribution in [2.75, 3.05) is 11.4 Å². The van der Waals surface area contributed by atoms with E-state index in [0.29, 0.717) is 5.02 Å². The first-order chi connectivity index (χ1) is 11.6. The molecule has 1 N–H and O–H groups in total. The molecule has 2 atom stereocenters. The number of amides is 1. The summed E-state index contributed by atoms with van der Waals surface area (Å²) in [5, 5.41) is 3.81. The molecule has 0 aliphatic carbocycles. The van der Waals surface area contributed by atoms with Crippen LogP contribution in [0.25, 0.3) is 0 Å². The first-order valence-electron chi connectivity index (χ1n) is 8.23. The molecular weight excluding hydrogens is 324 g/mol. The highest BCUT2D eigenvalue weighted by molar-refractivity contribution is 6.31. The van der Waals surface area contributed by atoms with Crippen molar-refractivity contribution in [1.29, 1.82) is 0 Å². The quantitative estimate of drug-likeness (QED) is 0.840. The highest BCUT2D eigenvalue weighted by Crippen LogP contribution is 2.48. The average Bonchev–Trinajstić information content (AvgIpc) is 2.70. The Morgan fingerprint density at radius 1 is 1.25 bits per heavy atom. The van der Waals surface area contributed by atoms with Crippen LogP contribution in [-0.4, -0.2) is 18.5 Å². The number of nitrogens with one attached hydrogen (secondary N) is 1. The fourth-order valence-electron chi connectivity index (χ4n) is 3.80. The lowest BCUT2D eigenvalue weighted by Crippen LogP contribution is -2.49. The Kier molecular flexibility index (Phi) is 3.85. The fourth-order valence-corrected chi connectivity index (χ4v) is 3.97. The van der Waals surface area contributed by atoms with Crippen LogP contribution in [0, 0.1) is 0 Å². The highest BCUT2D eigenvalue weighted by atomic mass is 35.5. The Morgan fingerprint density at radius 2 is 2.08 bits per heavy atom. The zero-order chi connectivity index (χ0) is 16.7. The summed E-state index contributed by atoms with van der Waals surface area (Å²) >= 11 is 6.24. The lowest BCUT2D eigenvalue weighted by molar-refractivity contribution is -0.119. The van der Waals surface area contributed by atoms with Crippen molar-refractivity contribution in [2.24, 2.45) is 0 Å².